The van der Waals surface area contributed by atoms with Gasteiger partial charge in [-0.3, -0.25) is 14.4 Å². The normalized spacial score (nSPS) is 18.4. The molecule has 1 rings (SSSR count). The van der Waals surface area contributed by atoms with Gasteiger partial charge in [-0.2, -0.15) is 0 Å². The lowest BCUT2D eigenvalue weighted by Crippen LogP contribution is -2.61. The van der Waals surface area contributed by atoms with Gasteiger partial charge in [-0.05, 0) is 135 Å². The van der Waals surface area contributed by atoms with Gasteiger partial charge in [0.05, 0.1) is 6.61 Å². The van der Waals surface area contributed by atoms with Crippen molar-refractivity contribution in [2.45, 2.75) is 276 Å². The van der Waals surface area contributed by atoms with Crippen LogP contribution in [-0.2, 0) is 42.9 Å². The predicted octanol–water partition coefficient (Wildman–Crippen LogP) is 18.5. The molecule has 1 aliphatic heterocycles. The maximum atomic E-state index is 13.2. The summed E-state index contributed by atoms with van der Waals surface area (Å²) >= 11 is 0. The molecule has 3 N–H and O–H groups in total. The Morgan fingerprint density at radius 2 is 0.747 bits per heavy atom. The third kappa shape index (κ3) is 50.0. The highest BCUT2D eigenvalue weighted by atomic mass is 16.7. The largest absolute Gasteiger partial charge is 0.479 e. The van der Waals surface area contributed by atoms with Gasteiger partial charge in [0.25, 0.3) is 0 Å². The molecule has 6 unspecified atom stereocenters. The maximum absolute atomic E-state index is 13.2. The van der Waals surface area contributed by atoms with Crippen LogP contribution in [0.3, 0.4) is 0 Å². The zero-order valence-corrected chi connectivity index (χ0v) is 53.9. The first-order chi connectivity index (χ1) is 42.6. The van der Waals surface area contributed by atoms with Crippen molar-refractivity contribution >= 4 is 23.9 Å². The minimum Gasteiger partial charge on any atom is -0.479 e. The first-order valence-corrected chi connectivity index (χ1v) is 33.5. The second-order valence-electron chi connectivity index (χ2n) is 22.0. The number of carboxylic acids is 1. The number of hydrogen-bond donors (Lipinski definition) is 3. The molecule has 1 aliphatic rings. The number of esters is 3. The second kappa shape index (κ2) is 60.6. The monoisotopic (exact) mass is 1210 g/mol. The number of aliphatic hydroxyl groups is 2. The van der Waals surface area contributed by atoms with Crippen LogP contribution in [0.4, 0.5) is 0 Å². The van der Waals surface area contributed by atoms with Gasteiger partial charge in [-0.15, -0.1) is 0 Å². The van der Waals surface area contributed by atoms with Crippen molar-refractivity contribution in [3.8, 4) is 0 Å². The molecule has 0 aromatic heterocycles. The van der Waals surface area contributed by atoms with Gasteiger partial charge in [0.15, 0.2) is 24.6 Å². The highest BCUT2D eigenvalue weighted by Gasteiger charge is 2.50. The number of aliphatic hydroxyl groups excluding tert-OH is 2. The molecule has 1 saturated heterocycles. The Kier molecular flexibility index (Phi) is 55.3. The minimum atomic E-state index is -1.93. The third-order valence-corrected chi connectivity index (χ3v) is 14.1. The smallest absolute Gasteiger partial charge is 0.335 e. The van der Waals surface area contributed by atoms with E-state index in [-0.39, 0.29) is 25.9 Å². The molecule has 1 heterocycles. The van der Waals surface area contributed by atoms with E-state index in [4.69, 9.17) is 23.7 Å². The van der Waals surface area contributed by atoms with E-state index in [9.17, 15) is 34.5 Å². The molecule has 488 valence electrons. The van der Waals surface area contributed by atoms with E-state index in [1.165, 1.54) is 51.4 Å². The second-order valence-corrected chi connectivity index (χ2v) is 22.0. The Morgan fingerprint density at radius 1 is 0.391 bits per heavy atom. The Labute approximate surface area is 526 Å². The molecule has 0 aromatic carbocycles. The van der Waals surface area contributed by atoms with Crippen molar-refractivity contribution in [1.82, 2.24) is 0 Å². The van der Waals surface area contributed by atoms with Crippen LogP contribution in [0.5, 0.6) is 0 Å². The van der Waals surface area contributed by atoms with Crippen LogP contribution in [0.1, 0.15) is 239 Å². The Balaban J connectivity index is 2.74. The molecule has 0 bridgehead atoms. The number of hydrogen-bond acceptors (Lipinski definition) is 11. The fourth-order valence-corrected chi connectivity index (χ4v) is 9.04. The summed E-state index contributed by atoms with van der Waals surface area (Å²) in [5.74, 6) is -3.30. The van der Waals surface area contributed by atoms with Gasteiger partial charge in [-0.25, -0.2) is 4.79 Å². The SMILES string of the molecule is CC/C=C\C/C=C\C/C=C\C/C=C\C/C=C\C/C=C\CCC(=O)OCC(COC1OC(C(=O)O)C(O)C(O)C1OC(=O)CCCCCCCCCCC/C=C\C/C=C\CCCCC)OC(=O)CCCCC/C=C\C/C=C\C/C=C\C/C=C\C/C=C\CC. The molecule has 0 amide bonds. The Bertz CT molecular complexity index is 2120. The molecule has 87 heavy (non-hydrogen) atoms. The fraction of sp³-hybridized carbons (Fsp3) is 0.600. The summed E-state index contributed by atoms with van der Waals surface area (Å²) in [6.07, 6.45) is 76.3. The van der Waals surface area contributed by atoms with Gasteiger partial charge in [-0.1, -0.05) is 243 Å². The van der Waals surface area contributed by atoms with Crippen LogP contribution in [0.25, 0.3) is 0 Å². The highest BCUT2D eigenvalue weighted by molar-refractivity contribution is 5.74. The van der Waals surface area contributed by atoms with E-state index in [1.54, 1.807) is 0 Å². The number of rotatable bonds is 55. The highest BCUT2D eigenvalue weighted by Crippen LogP contribution is 2.26. The van der Waals surface area contributed by atoms with Gasteiger partial charge >= 0.3 is 23.9 Å². The van der Waals surface area contributed by atoms with Gasteiger partial charge < -0.3 is 39.0 Å². The molecule has 0 aromatic rings. The van der Waals surface area contributed by atoms with E-state index in [2.05, 4.69) is 167 Å². The molecule has 12 heteroatoms. The predicted molar refractivity (Wildman–Crippen MR) is 358 cm³/mol. The number of carbonyl (C=O) groups excluding carboxylic acids is 3. The van der Waals surface area contributed by atoms with Crippen molar-refractivity contribution in [2.75, 3.05) is 13.2 Å². The van der Waals surface area contributed by atoms with Crippen LogP contribution in [0.15, 0.2) is 158 Å². The molecule has 6 atom stereocenters. The first kappa shape index (κ1) is 79.4. The Hall–Kier alpha value is -5.66. The molecular formula is C75H116O12. The lowest BCUT2D eigenvalue weighted by Gasteiger charge is -2.40. The number of unbranched alkanes of at least 4 members (excludes halogenated alkanes) is 15. The van der Waals surface area contributed by atoms with Crippen molar-refractivity contribution < 1.29 is 58.2 Å². The molecule has 0 saturated carbocycles. The maximum Gasteiger partial charge on any atom is 0.335 e. The first-order valence-electron chi connectivity index (χ1n) is 33.5. The molecule has 0 spiro atoms. The summed E-state index contributed by atoms with van der Waals surface area (Å²) in [5, 5.41) is 31.6. The number of ether oxygens (including phenoxy) is 5. The zero-order chi connectivity index (χ0) is 63.1. The lowest BCUT2D eigenvalue weighted by atomic mass is 9.98. The van der Waals surface area contributed by atoms with Gasteiger partial charge in [0.1, 0.15) is 18.8 Å². The molecule has 0 radical (unpaired) electrons. The number of allylic oxidation sites excluding steroid dienone is 26. The quantitative estimate of drug-likeness (QED) is 0.0228. The average molecular weight is 1210 g/mol. The topological polar surface area (TPSA) is 175 Å². The van der Waals surface area contributed by atoms with Crippen LogP contribution in [0, 0.1) is 0 Å². The average Bonchev–Trinajstić information content (AvgIpc) is 2.56. The molecule has 12 nitrogen and oxygen atoms in total. The Morgan fingerprint density at radius 3 is 1.16 bits per heavy atom. The van der Waals surface area contributed by atoms with Crippen molar-refractivity contribution in [1.29, 1.82) is 0 Å². The summed E-state index contributed by atoms with van der Waals surface area (Å²) in [4.78, 5) is 51.4. The number of carboxylic acid groups (broad SMARTS) is 1. The third-order valence-electron chi connectivity index (χ3n) is 14.1. The number of aliphatic carboxylic acids is 1. The summed E-state index contributed by atoms with van der Waals surface area (Å²) in [6.45, 7) is 5.66. The van der Waals surface area contributed by atoms with E-state index < -0.39 is 67.3 Å². The van der Waals surface area contributed by atoms with E-state index in [0.717, 1.165) is 122 Å². The van der Waals surface area contributed by atoms with E-state index >= 15 is 0 Å². The van der Waals surface area contributed by atoms with Crippen LogP contribution < -0.4 is 0 Å². The number of carbonyl (C=O) groups is 4. The standard InChI is InChI=1S/C75H116O12/c1-4-7-10-13-16-19-22-25-28-31-34-37-40-43-46-49-52-55-58-61-67(76)83-64-66(85-68(77)62-59-56-53-50-47-44-41-38-35-32-29-26-23-20-17-14-11-8-5-2)65-84-75-73(71(80)70(79)72(87-75)74(81)82)86-69(78)63-60-57-54-51-48-45-42-39-36-33-30-27-24-21-18-15-12-9-6-3/h7-8,10-11,16-21,25-30,34-35,37-38,43-44,46-47,52,55,66,70-73,75,79-80H,4-6,9,12-15,22-24,31-33,36,39-42,45,48-51,53-54,56-65H2,1-3H3,(H,81,82)/b10-7-,11-8-,19-16-,20-17-,21-18-,28-25-,29-26-,30-27-,37-34-,38-35-,46-43-,47-44-,55-52-. The van der Waals surface area contributed by atoms with Gasteiger partial charge in [0.2, 0.25) is 0 Å². The lowest BCUT2D eigenvalue weighted by molar-refractivity contribution is -0.301. The van der Waals surface area contributed by atoms with Crippen molar-refractivity contribution in [2.24, 2.45) is 0 Å². The summed E-state index contributed by atoms with van der Waals surface area (Å²) < 4.78 is 28.4. The summed E-state index contributed by atoms with van der Waals surface area (Å²) in [5.41, 5.74) is 0. The van der Waals surface area contributed by atoms with Crippen molar-refractivity contribution in [3.63, 3.8) is 0 Å². The molecule has 0 aliphatic carbocycles. The molecule has 1 fully saturated rings. The zero-order valence-electron chi connectivity index (χ0n) is 53.9. The van der Waals surface area contributed by atoms with Gasteiger partial charge in [0, 0.05) is 19.3 Å². The fourth-order valence-electron chi connectivity index (χ4n) is 9.04. The van der Waals surface area contributed by atoms with Crippen LogP contribution in [0.2, 0.25) is 0 Å². The molecular weight excluding hydrogens is 1090 g/mol. The van der Waals surface area contributed by atoms with E-state index in [1.807, 2.05) is 12.2 Å². The minimum absolute atomic E-state index is 0.0354. The van der Waals surface area contributed by atoms with Crippen LogP contribution >= 0.6 is 0 Å². The van der Waals surface area contributed by atoms with Crippen molar-refractivity contribution in [3.05, 3.63) is 158 Å². The van der Waals surface area contributed by atoms with E-state index in [0.29, 0.717) is 25.7 Å². The summed E-state index contributed by atoms with van der Waals surface area (Å²) in [7, 11) is 0. The van der Waals surface area contributed by atoms with Crippen LogP contribution in [-0.4, -0.2) is 89.2 Å². The summed E-state index contributed by atoms with van der Waals surface area (Å²) in [6, 6.07) is 0.